The maximum Gasteiger partial charge on any atom is 0.275 e. The van der Waals surface area contributed by atoms with Crippen molar-refractivity contribution in [3.05, 3.63) is 105 Å². The van der Waals surface area contributed by atoms with Gasteiger partial charge in [0, 0.05) is 18.6 Å². The molecule has 0 aliphatic carbocycles. The topological polar surface area (TPSA) is 304 Å². The molecule has 0 fully saturated rings. The fraction of sp³-hybridized carbons (Fsp3) is 0.400. The lowest BCUT2D eigenvalue weighted by Crippen LogP contribution is -2.23. The van der Waals surface area contributed by atoms with E-state index >= 15 is 0 Å². The minimum Gasteiger partial charge on any atom is -0.493 e. The molecule has 0 aliphatic heterocycles. The van der Waals surface area contributed by atoms with E-state index in [2.05, 4.69) is 63.2 Å². The Morgan fingerprint density at radius 3 is 0.631 bits per heavy atom. The Kier molecular flexibility index (Phi) is 25.3. The van der Waals surface area contributed by atoms with E-state index in [4.69, 9.17) is 28.4 Å². The maximum atomic E-state index is 13.8. The van der Waals surface area contributed by atoms with Crippen LogP contribution in [0.25, 0.3) is 0 Å². The third kappa shape index (κ3) is 21.4. The van der Waals surface area contributed by atoms with Crippen LogP contribution in [0.3, 0.4) is 0 Å². The van der Waals surface area contributed by atoms with Gasteiger partial charge in [0.05, 0.1) is 91.7 Å². The number of nitrogens with zero attached hydrogens (tertiary/aromatic N) is 6. The second-order valence-electron chi connectivity index (χ2n) is 21.4. The molecule has 0 unspecified atom stereocenters. The summed E-state index contributed by atoms with van der Waals surface area (Å²) in [6, 6.07) is 13.2. The molecule has 4 aromatic rings. The molecule has 0 spiro atoms. The first-order valence-corrected chi connectivity index (χ1v) is 27.2. The summed E-state index contributed by atoms with van der Waals surface area (Å²) < 4.78 is 34.7. The van der Waals surface area contributed by atoms with E-state index in [1.807, 2.05) is 62.3 Å². The normalized spacial score (nSPS) is 12.0. The molecule has 84 heavy (non-hydrogen) atoms. The zero-order chi connectivity index (χ0) is 62.2. The number of rotatable bonds is 27. The molecule has 4 rings (SSSR count). The molecule has 0 bridgehead atoms. The van der Waals surface area contributed by atoms with Crippen molar-refractivity contribution in [2.24, 2.45) is 46.9 Å². The molecular weight excluding hydrogens is 1080 g/mol. The molecule has 0 saturated carbocycles. The van der Waals surface area contributed by atoms with Crippen LogP contribution in [-0.4, -0.2) is 112 Å². The number of carbonyl (C=O) groups excluding carboxylic acids is 6. The van der Waals surface area contributed by atoms with E-state index in [1.54, 1.807) is 78.4 Å². The van der Waals surface area contributed by atoms with E-state index in [0.717, 1.165) is 0 Å². The Labute approximate surface area is 490 Å². The van der Waals surface area contributed by atoms with Crippen molar-refractivity contribution in [3.63, 3.8) is 0 Å². The van der Waals surface area contributed by atoms with Gasteiger partial charge in [0.15, 0.2) is 0 Å². The van der Waals surface area contributed by atoms with Crippen LogP contribution in [0.4, 0.5) is 0 Å². The lowest BCUT2D eigenvalue weighted by atomic mass is 9.99. The quantitative estimate of drug-likeness (QED) is 0.0241. The number of hydrogen-bond donors (Lipinski definition) is 6. The predicted octanol–water partition coefficient (Wildman–Crippen LogP) is 8.66. The third-order valence-electron chi connectivity index (χ3n) is 10.5. The van der Waals surface area contributed by atoms with Crippen LogP contribution < -0.4 is 61.0 Å². The highest BCUT2D eigenvalue weighted by Gasteiger charge is 2.25. The van der Waals surface area contributed by atoms with Crippen molar-refractivity contribution in [2.45, 2.75) is 104 Å². The summed E-state index contributed by atoms with van der Waals surface area (Å²) in [5.74, 6) is -3.33. The standard InChI is InChI=1S/C60H78N12O12/c1-16-79-46-28-43(55(76)70-64-34-58(7,8)9)49(82-19-4)25-40(46)52(73)67-61-31-37-22-38(32-62-68-53(74)41-26-50(83-20-5)44(29-47(41)80-17-2)56(77)71-65-35-59(10,11)12)24-39(23-37)33-63-69-54(75)42-27-51(84-21-6)45(30-48(42)81-18-3)57(78)72-66-36-60(13,14)15/h22-36H,16-21H2,1-15H3,(H,67,73)(H,68,74)(H,69,75)(H,70,76)(H,71,77)(H,72,78)/b61-31+,62-32+,63-33+,64-34+,65-35+,66-36+. The van der Waals surface area contributed by atoms with E-state index in [-0.39, 0.29) is 124 Å². The highest BCUT2D eigenvalue weighted by molar-refractivity contribution is 6.05. The Bertz CT molecular complexity index is 2840. The largest absolute Gasteiger partial charge is 0.493 e. The van der Waals surface area contributed by atoms with E-state index in [0.29, 0.717) is 16.7 Å². The van der Waals surface area contributed by atoms with Crippen LogP contribution >= 0.6 is 0 Å². The van der Waals surface area contributed by atoms with Gasteiger partial charge in [-0.15, -0.1) is 0 Å². The number of hydrogen-bond acceptors (Lipinski definition) is 18. The molecular formula is C60H78N12O12. The summed E-state index contributed by atoms with van der Waals surface area (Å²) in [5.41, 5.74) is 15.5. The van der Waals surface area contributed by atoms with Gasteiger partial charge in [-0.3, -0.25) is 28.8 Å². The second-order valence-corrected chi connectivity index (χ2v) is 21.4. The zero-order valence-corrected chi connectivity index (χ0v) is 50.5. The molecule has 6 N–H and O–H groups in total. The van der Waals surface area contributed by atoms with E-state index in [1.165, 1.54) is 55.0 Å². The number of amides is 6. The van der Waals surface area contributed by atoms with Crippen molar-refractivity contribution < 1.29 is 57.2 Å². The number of hydrazone groups is 6. The van der Waals surface area contributed by atoms with Gasteiger partial charge in [0.25, 0.3) is 35.4 Å². The first kappa shape index (κ1) is 67.0. The van der Waals surface area contributed by atoms with Crippen LogP contribution in [0.5, 0.6) is 34.5 Å². The predicted molar refractivity (Wildman–Crippen MR) is 324 cm³/mol. The molecule has 0 radical (unpaired) electrons. The molecule has 24 heteroatoms. The fourth-order valence-corrected chi connectivity index (χ4v) is 7.03. The number of nitrogens with one attached hydrogen (secondary N) is 6. The number of ether oxygens (including phenoxy) is 6. The van der Waals surface area contributed by atoms with Crippen LogP contribution in [0.1, 0.15) is 183 Å². The van der Waals surface area contributed by atoms with Crippen molar-refractivity contribution in [2.75, 3.05) is 39.6 Å². The first-order chi connectivity index (χ1) is 39.7. The average Bonchev–Trinajstić information content (AvgIpc) is 2.34. The second kappa shape index (κ2) is 31.7. The van der Waals surface area contributed by atoms with Gasteiger partial charge in [-0.05, 0) is 129 Å². The molecule has 24 nitrogen and oxygen atoms in total. The molecule has 6 amide bonds. The highest BCUT2D eigenvalue weighted by Crippen LogP contribution is 2.33. The summed E-state index contributed by atoms with van der Waals surface area (Å²) >= 11 is 0. The molecule has 0 heterocycles. The molecule has 450 valence electrons. The zero-order valence-electron chi connectivity index (χ0n) is 50.5. The Balaban J connectivity index is 1.75. The van der Waals surface area contributed by atoms with Gasteiger partial charge < -0.3 is 28.4 Å². The van der Waals surface area contributed by atoms with Crippen LogP contribution in [0.15, 0.2) is 85.2 Å². The monoisotopic (exact) mass is 1160 g/mol. The summed E-state index contributed by atoms with van der Waals surface area (Å²) in [7, 11) is 0. The SMILES string of the molecule is CCOc1cc(C(=O)N/N=C/C(C)(C)C)c(OCC)cc1C(=O)N/N=C/c1cc(/C=N/NC(=O)c2cc(OCC)c(C(=O)N/N=C/C(C)(C)C)cc2OCC)cc(/C=N/NC(=O)c2cc(OCC)c(C(=O)N/N=C/C(C)(C)C)cc2OCC)c1. The van der Waals surface area contributed by atoms with Crippen LogP contribution in [0, 0.1) is 16.2 Å². The molecule has 0 aromatic heterocycles. The molecule has 0 atom stereocenters. The Hall–Kier alpha value is -9.48. The van der Waals surface area contributed by atoms with Crippen LogP contribution in [-0.2, 0) is 0 Å². The number of carbonyl (C=O) groups is 6. The van der Waals surface area contributed by atoms with Crippen molar-refractivity contribution >= 4 is 72.7 Å². The Morgan fingerprint density at radius 1 is 0.310 bits per heavy atom. The molecule has 4 aromatic carbocycles. The fourth-order valence-electron chi connectivity index (χ4n) is 7.03. The highest BCUT2D eigenvalue weighted by atomic mass is 16.5. The maximum absolute atomic E-state index is 13.8. The van der Waals surface area contributed by atoms with E-state index < -0.39 is 35.4 Å². The minimum atomic E-state index is -0.707. The van der Waals surface area contributed by atoms with Crippen molar-refractivity contribution in [1.29, 1.82) is 0 Å². The first-order valence-electron chi connectivity index (χ1n) is 27.2. The van der Waals surface area contributed by atoms with Gasteiger partial charge in [0.1, 0.15) is 34.5 Å². The van der Waals surface area contributed by atoms with E-state index in [9.17, 15) is 28.8 Å². The van der Waals surface area contributed by atoms with Crippen molar-refractivity contribution in [3.8, 4) is 34.5 Å². The Morgan fingerprint density at radius 2 is 0.476 bits per heavy atom. The minimum absolute atomic E-state index is 0.0143. The lowest BCUT2D eigenvalue weighted by Gasteiger charge is -2.15. The summed E-state index contributed by atoms with van der Waals surface area (Å²) in [4.78, 5) is 81.4. The third-order valence-corrected chi connectivity index (χ3v) is 10.5. The number of benzene rings is 4. The lowest BCUT2D eigenvalue weighted by molar-refractivity contribution is 0.0936. The van der Waals surface area contributed by atoms with Gasteiger partial charge in [0.2, 0.25) is 0 Å². The van der Waals surface area contributed by atoms with Gasteiger partial charge >= 0.3 is 0 Å². The summed E-state index contributed by atoms with van der Waals surface area (Å²) in [5, 5.41) is 24.8. The van der Waals surface area contributed by atoms with Gasteiger partial charge in [-0.1, -0.05) is 62.3 Å². The molecule has 0 aliphatic rings. The average molecular weight is 1160 g/mol. The van der Waals surface area contributed by atoms with Crippen molar-refractivity contribution in [1.82, 2.24) is 32.6 Å². The molecule has 0 saturated heterocycles. The van der Waals surface area contributed by atoms with Gasteiger partial charge in [-0.25, -0.2) is 32.6 Å². The summed E-state index contributed by atoms with van der Waals surface area (Å²) in [6.07, 6.45) is 8.75. The van der Waals surface area contributed by atoms with Gasteiger partial charge in [-0.2, -0.15) is 30.6 Å². The summed E-state index contributed by atoms with van der Waals surface area (Å²) in [6.45, 7) is 28.7. The smallest absolute Gasteiger partial charge is 0.275 e. The van der Waals surface area contributed by atoms with Crippen LogP contribution in [0.2, 0.25) is 0 Å².